The summed E-state index contributed by atoms with van der Waals surface area (Å²) in [6.07, 6.45) is 0. The topological polar surface area (TPSA) is 53.8 Å². The third-order valence-electron chi connectivity index (χ3n) is 4.45. The minimum Gasteiger partial charge on any atom is -0.451 e. The second-order valence-electron chi connectivity index (χ2n) is 7.48. The maximum absolute atomic E-state index is 12.7. The molecular weight excluding hydrogens is 352 g/mol. The molecule has 1 fully saturated rings. The van der Waals surface area contributed by atoms with E-state index in [1.54, 1.807) is 23.1 Å². The zero-order chi connectivity index (χ0) is 18.9. The van der Waals surface area contributed by atoms with Gasteiger partial charge in [0.25, 0.3) is 5.91 Å². The van der Waals surface area contributed by atoms with Gasteiger partial charge in [0.05, 0.1) is 5.02 Å². The van der Waals surface area contributed by atoms with Crippen LogP contribution in [0.5, 0.6) is 0 Å². The highest BCUT2D eigenvalue weighted by Crippen LogP contribution is 2.29. The first-order chi connectivity index (χ1) is 12.3. The van der Waals surface area contributed by atoms with Crippen LogP contribution in [-0.2, 0) is 4.79 Å². The maximum Gasteiger partial charge on any atom is 0.289 e. The molecule has 26 heavy (non-hydrogen) atoms. The number of carbonyl (C=O) groups excluding carboxylic acids is 2. The van der Waals surface area contributed by atoms with Crippen molar-refractivity contribution < 1.29 is 14.0 Å². The zero-order valence-electron chi connectivity index (χ0n) is 15.3. The second-order valence-corrected chi connectivity index (χ2v) is 7.89. The monoisotopic (exact) mass is 374 g/mol. The molecule has 0 aliphatic carbocycles. The number of hydrogen-bond acceptors (Lipinski definition) is 3. The Kier molecular flexibility index (Phi) is 5.10. The van der Waals surface area contributed by atoms with Crippen LogP contribution < -0.4 is 0 Å². The Balaban J connectivity index is 1.67. The fraction of sp³-hybridized carbons (Fsp3) is 0.400. The van der Waals surface area contributed by atoms with Crippen LogP contribution in [0.2, 0.25) is 5.02 Å². The molecule has 1 aromatic heterocycles. The van der Waals surface area contributed by atoms with Gasteiger partial charge in [-0.15, -0.1) is 0 Å². The molecule has 0 atom stereocenters. The van der Waals surface area contributed by atoms with Gasteiger partial charge >= 0.3 is 0 Å². The van der Waals surface area contributed by atoms with Crippen molar-refractivity contribution in [3.63, 3.8) is 0 Å². The normalized spacial score (nSPS) is 15.2. The number of rotatable bonds is 2. The van der Waals surface area contributed by atoms with Crippen molar-refractivity contribution in [3.05, 3.63) is 47.2 Å². The third-order valence-corrected chi connectivity index (χ3v) is 4.78. The predicted molar refractivity (Wildman–Crippen MR) is 101 cm³/mol. The summed E-state index contributed by atoms with van der Waals surface area (Å²) in [5.74, 6) is 0.811. The van der Waals surface area contributed by atoms with Crippen molar-refractivity contribution in [2.24, 2.45) is 5.41 Å². The van der Waals surface area contributed by atoms with Crippen LogP contribution in [0.25, 0.3) is 11.3 Å². The third kappa shape index (κ3) is 3.78. The number of carbonyl (C=O) groups is 2. The standard InChI is InChI=1S/C20H23ClN2O3/c1-20(2,3)19(25)23-12-10-22(11-13-23)18(24)17-9-8-16(26-17)14-6-4-5-7-15(14)21/h4-9H,10-13H2,1-3H3. The maximum atomic E-state index is 12.7. The first-order valence-corrected chi connectivity index (χ1v) is 9.08. The van der Waals surface area contributed by atoms with Crippen LogP contribution in [0, 0.1) is 5.41 Å². The summed E-state index contributed by atoms with van der Waals surface area (Å²) >= 11 is 6.19. The van der Waals surface area contributed by atoms with Gasteiger partial charge in [-0.2, -0.15) is 0 Å². The number of benzene rings is 1. The van der Waals surface area contributed by atoms with Gasteiger partial charge < -0.3 is 14.2 Å². The molecule has 2 aromatic rings. The minimum atomic E-state index is -0.406. The summed E-state index contributed by atoms with van der Waals surface area (Å²) in [6, 6.07) is 10.8. The lowest BCUT2D eigenvalue weighted by atomic mass is 9.94. The van der Waals surface area contributed by atoms with Gasteiger partial charge in [-0.1, -0.05) is 44.5 Å². The summed E-state index contributed by atoms with van der Waals surface area (Å²) in [5, 5.41) is 0.579. The molecule has 0 radical (unpaired) electrons. The highest BCUT2D eigenvalue weighted by Gasteiger charge is 2.31. The number of halogens is 1. The van der Waals surface area contributed by atoms with E-state index < -0.39 is 5.41 Å². The lowest BCUT2D eigenvalue weighted by Gasteiger charge is -2.37. The molecule has 0 spiro atoms. The summed E-state index contributed by atoms with van der Waals surface area (Å²) in [7, 11) is 0. The highest BCUT2D eigenvalue weighted by molar-refractivity contribution is 6.33. The second kappa shape index (κ2) is 7.16. The molecule has 0 unspecified atom stereocenters. The van der Waals surface area contributed by atoms with E-state index in [1.807, 2.05) is 43.9 Å². The van der Waals surface area contributed by atoms with Gasteiger partial charge in [0.1, 0.15) is 5.76 Å². The van der Waals surface area contributed by atoms with Crippen LogP contribution in [0.4, 0.5) is 0 Å². The largest absolute Gasteiger partial charge is 0.451 e. The average molecular weight is 375 g/mol. The molecule has 0 bridgehead atoms. The van der Waals surface area contributed by atoms with Crippen LogP contribution >= 0.6 is 11.6 Å². The van der Waals surface area contributed by atoms with Crippen LogP contribution in [0.15, 0.2) is 40.8 Å². The molecule has 6 heteroatoms. The van der Waals surface area contributed by atoms with Gasteiger partial charge in [0.2, 0.25) is 5.91 Å². The van der Waals surface area contributed by atoms with E-state index in [0.29, 0.717) is 37.0 Å². The molecule has 0 saturated carbocycles. The highest BCUT2D eigenvalue weighted by atomic mass is 35.5. The van der Waals surface area contributed by atoms with Crippen molar-refractivity contribution in [1.29, 1.82) is 0 Å². The Morgan fingerprint density at radius 2 is 1.58 bits per heavy atom. The Hall–Kier alpha value is -2.27. The van der Waals surface area contributed by atoms with Crippen molar-refractivity contribution in [2.45, 2.75) is 20.8 Å². The average Bonchev–Trinajstić information content (AvgIpc) is 3.10. The van der Waals surface area contributed by atoms with Crippen LogP contribution in [0.1, 0.15) is 31.3 Å². The lowest BCUT2D eigenvalue weighted by molar-refractivity contribution is -0.140. The fourth-order valence-corrected chi connectivity index (χ4v) is 3.23. The van der Waals surface area contributed by atoms with E-state index in [0.717, 1.165) is 5.56 Å². The fourth-order valence-electron chi connectivity index (χ4n) is 3.00. The first-order valence-electron chi connectivity index (χ1n) is 8.71. The van der Waals surface area contributed by atoms with E-state index in [2.05, 4.69) is 0 Å². The van der Waals surface area contributed by atoms with E-state index in [-0.39, 0.29) is 17.6 Å². The van der Waals surface area contributed by atoms with E-state index in [4.69, 9.17) is 16.0 Å². The molecule has 2 amide bonds. The Morgan fingerprint density at radius 3 is 2.19 bits per heavy atom. The quantitative estimate of drug-likeness (QED) is 0.800. The van der Waals surface area contributed by atoms with Crippen molar-refractivity contribution in [1.82, 2.24) is 9.80 Å². The summed E-state index contributed by atoms with van der Waals surface area (Å²) in [5.41, 5.74) is 0.352. The number of furan rings is 1. The molecule has 1 aliphatic heterocycles. The molecule has 1 aliphatic rings. The first kappa shape index (κ1) is 18.5. The molecule has 138 valence electrons. The van der Waals surface area contributed by atoms with Crippen molar-refractivity contribution in [2.75, 3.05) is 26.2 Å². The smallest absolute Gasteiger partial charge is 0.289 e. The van der Waals surface area contributed by atoms with Crippen LogP contribution in [-0.4, -0.2) is 47.8 Å². The molecular formula is C20H23ClN2O3. The SMILES string of the molecule is CC(C)(C)C(=O)N1CCN(C(=O)c2ccc(-c3ccccc3Cl)o2)CC1. The number of piperazine rings is 1. The Morgan fingerprint density at radius 1 is 0.962 bits per heavy atom. The molecule has 3 rings (SSSR count). The van der Waals surface area contributed by atoms with E-state index >= 15 is 0 Å². The summed E-state index contributed by atoms with van der Waals surface area (Å²) in [6.45, 7) is 7.81. The molecule has 1 saturated heterocycles. The molecule has 1 aromatic carbocycles. The van der Waals surface area contributed by atoms with Crippen molar-refractivity contribution in [3.8, 4) is 11.3 Å². The number of amides is 2. The van der Waals surface area contributed by atoms with Gasteiger partial charge in [0.15, 0.2) is 5.76 Å². The van der Waals surface area contributed by atoms with Gasteiger partial charge in [-0.25, -0.2) is 0 Å². The van der Waals surface area contributed by atoms with Gasteiger partial charge in [-0.3, -0.25) is 9.59 Å². The lowest BCUT2D eigenvalue weighted by Crippen LogP contribution is -2.53. The van der Waals surface area contributed by atoms with Gasteiger partial charge in [0, 0.05) is 37.2 Å². The Labute approximate surface area is 158 Å². The predicted octanol–water partition coefficient (Wildman–Crippen LogP) is 3.93. The Bertz CT molecular complexity index is 814. The number of hydrogen-bond donors (Lipinski definition) is 0. The zero-order valence-corrected chi connectivity index (χ0v) is 16.0. The van der Waals surface area contributed by atoms with Gasteiger partial charge in [-0.05, 0) is 24.3 Å². The van der Waals surface area contributed by atoms with E-state index in [9.17, 15) is 9.59 Å². The summed E-state index contributed by atoms with van der Waals surface area (Å²) < 4.78 is 5.74. The van der Waals surface area contributed by atoms with E-state index in [1.165, 1.54) is 0 Å². The summed E-state index contributed by atoms with van der Waals surface area (Å²) in [4.78, 5) is 28.6. The number of nitrogens with zero attached hydrogens (tertiary/aromatic N) is 2. The molecule has 0 N–H and O–H groups in total. The minimum absolute atomic E-state index is 0.114. The van der Waals surface area contributed by atoms with Crippen LogP contribution in [0.3, 0.4) is 0 Å². The molecule has 2 heterocycles. The molecule has 5 nitrogen and oxygen atoms in total. The van der Waals surface area contributed by atoms with Crippen molar-refractivity contribution >= 4 is 23.4 Å².